The van der Waals surface area contributed by atoms with Crippen LogP contribution in [0.3, 0.4) is 0 Å². The molecule has 1 heterocycles. The van der Waals surface area contributed by atoms with Gasteiger partial charge in [-0.2, -0.15) is 0 Å². The molecule has 0 aliphatic carbocycles. The van der Waals surface area contributed by atoms with Crippen LogP contribution in [0.25, 0.3) is 0 Å². The first-order chi connectivity index (χ1) is 16.6. The summed E-state index contributed by atoms with van der Waals surface area (Å²) >= 11 is 0. The van der Waals surface area contributed by atoms with E-state index >= 15 is 0 Å². The van der Waals surface area contributed by atoms with E-state index in [2.05, 4.69) is 72.9 Å². The maximum atomic E-state index is 12.4. The number of allylic oxidation sites excluding steroid dienone is 5. The van der Waals surface area contributed by atoms with E-state index in [9.17, 15) is 9.59 Å². The first-order valence-corrected chi connectivity index (χ1v) is 14.4. The molecule has 1 N–H and O–H groups in total. The van der Waals surface area contributed by atoms with E-state index in [0.29, 0.717) is 24.7 Å². The summed E-state index contributed by atoms with van der Waals surface area (Å²) in [5, 5.41) is 2.50. The van der Waals surface area contributed by atoms with Gasteiger partial charge in [0.1, 0.15) is 0 Å². The van der Waals surface area contributed by atoms with Gasteiger partial charge in [0.25, 0.3) is 0 Å². The van der Waals surface area contributed by atoms with Gasteiger partial charge in [0, 0.05) is 6.42 Å². The zero-order valence-corrected chi connectivity index (χ0v) is 24.4. The third kappa shape index (κ3) is 10.1. The van der Waals surface area contributed by atoms with Crippen molar-refractivity contribution in [2.45, 2.75) is 120 Å². The van der Waals surface area contributed by atoms with E-state index < -0.39 is 0 Å². The van der Waals surface area contributed by atoms with Gasteiger partial charge < -0.3 is 0 Å². The second kappa shape index (κ2) is 16.2. The van der Waals surface area contributed by atoms with Crippen molar-refractivity contribution in [3.63, 3.8) is 0 Å². The molecule has 0 aromatic rings. The first-order valence-electron chi connectivity index (χ1n) is 14.4. The lowest BCUT2D eigenvalue weighted by Crippen LogP contribution is -2.41. The summed E-state index contributed by atoms with van der Waals surface area (Å²) in [7, 11) is 0. The molecule has 0 bridgehead atoms. The predicted molar refractivity (Wildman–Crippen MR) is 151 cm³/mol. The van der Waals surface area contributed by atoms with Crippen LogP contribution in [0.2, 0.25) is 0 Å². The second-order valence-corrected chi connectivity index (χ2v) is 11.5. The molecular formula is C32H55NO2. The smallest absolute Gasteiger partial charge is 0.234 e. The number of amides is 2. The predicted octanol–water partition coefficient (Wildman–Crippen LogP) is 8.81. The molecule has 0 radical (unpaired) electrons. The summed E-state index contributed by atoms with van der Waals surface area (Å²) in [6, 6.07) is 0. The minimum absolute atomic E-state index is 0.159. The fourth-order valence-electron chi connectivity index (χ4n) is 5.71. The average molecular weight is 486 g/mol. The van der Waals surface area contributed by atoms with Gasteiger partial charge >= 0.3 is 0 Å². The van der Waals surface area contributed by atoms with Crippen molar-refractivity contribution in [3.8, 4) is 0 Å². The van der Waals surface area contributed by atoms with E-state index in [-0.39, 0.29) is 17.7 Å². The average Bonchev–Trinajstić information content (AvgIpc) is 2.82. The van der Waals surface area contributed by atoms with Crippen LogP contribution >= 0.6 is 0 Å². The Morgan fingerprint density at radius 3 is 2.17 bits per heavy atom. The zero-order chi connectivity index (χ0) is 26.5. The highest BCUT2D eigenvalue weighted by Gasteiger charge is 2.28. The number of hydrogen-bond acceptors (Lipinski definition) is 2. The van der Waals surface area contributed by atoms with Crippen LogP contribution in [0.4, 0.5) is 0 Å². The van der Waals surface area contributed by atoms with Crippen LogP contribution in [-0.2, 0) is 9.59 Å². The van der Waals surface area contributed by atoms with Gasteiger partial charge in [-0.15, -0.1) is 0 Å². The van der Waals surface area contributed by atoms with Crippen molar-refractivity contribution in [1.82, 2.24) is 5.32 Å². The Labute approximate surface area is 217 Å². The Bertz CT molecular complexity index is 756. The normalized spacial score (nSPS) is 21.4. The van der Waals surface area contributed by atoms with Gasteiger partial charge in [-0.1, -0.05) is 97.4 Å². The van der Waals surface area contributed by atoms with Crippen LogP contribution in [-0.4, -0.2) is 11.8 Å². The van der Waals surface area contributed by atoms with Crippen LogP contribution in [0, 0.1) is 35.5 Å². The summed E-state index contributed by atoms with van der Waals surface area (Å²) < 4.78 is 0. The summed E-state index contributed by atoms with van der Waals surface area (Å²) in [5.74, 6) is 2.93. The molecule has 1 aliphatic rings. The van der Waals surface area contributed by atoms with Crippen LogP contribution in [0.1, 0.15) is 120 Å². The fourth-order valence-corrected chi connectivity index (χ4v) is 5.71. The van der Waals surface area contributed by atoms with Crippen molar-refractivity contribution < 1.29 is 9.59 Å². The molecule has 0 aromatic heterocycles. The molecule has 1 saturated heterocycles. The number of nitrogens with one attached hydrogen (secondary N) is 1. The minimum atomic E-state index is -0.230. The second-order valence-electron chi connectivity index (χ2n) is 11.5. The third-order valence-electron chi connectivity index (χ3n) is 8.66. The van der Waals surface area contributed by atoms with Gasteiger partial charge in [0.15, 0.2) is 0 Å². The lowest BCUT2D eigenvalue weighted by Gasteiger charge is -2.31. The molecule has 1 rings (SSSR count). The number of carbonyl (C=O) groups is 2. The molecule has 3 nitrogen and oxygen atoms in total. The Morgan fingerprint density at radius 2 is 1.63 bits per heavy atom. The summed E-state index contributed by atoms with van der Waals surface area (Å²) in [4.78, 5) is 23.9. The summed E-state index contributed by atoms with van der Waals surface area (Å²) in [5.41, 5.74) is 3.72. The van der Waals surface area contributed by atoms with Gasteiger partial charge in [0.05, 0.1) is 5.92 Å². The monoisotopic (exact) mass is 485 g/mol. The Hall–Kier alpha value is -1.64. The highest BCUT2D eigenvalue weighted by molar-refractivity contribution is 6.00. The molecule has 3 heteroatoms. The van der Waals surface area contributed by atoms with Crippen molar-refractivity contribution in [2.24, 2.45) is 35.5 Å². The maximum absolute atomic E-state index is 12.4. The number of carbonyl (C=O) groups excluding carboxylic acids is 2. The molecule has 200 valence electrons. The largest absolute Gasteiger partial charge is 0.296 e. The zero-order valence-electron chi connectivity index (χ0n) is 24.4. The Kier molecular flexibility index (Phi) is 14.5. The van der Waals surface area contributed by atoms with Crippen LogP contribution in [0.15, 0.2) is 34.9 Å². The lowest BCUT2D eigenvalue weighted by molar-refractivity contribution is -0.135. The number of hydrogen-bond donors (Lipinski definition) is 1. The molecular weight excluding hydrogens is 430 g/mol. The molecule has 1 fully saturated rings. The van der Waals surface area contributed by atoms with E-state index in [1.165, 1.54) is 56.1 Å². The summed E-state index contributed by atoms with van der Waals surface area (Å²) in [6.45, 7) is 20.7. The molecule has 0 aromatic carbocycles. The van der Waals surface area contributed by atoms with E-state index in [4.69, 9.17) is 0 Å². The van der Waals surface area contributed by atoms with E-state index in [0.717, 1.165) is 23.3 Å². The van der Waals surface area contributed by atoms with Gasteiger partial charge in [0.2, 0.25) is 11.8 Å². The SMILES string of the molecule is C/C=C(\C=CC(=C(C)C)C(C)C(C)CCC(CCC)C(C)C(C)CCCC)C1CCC(=O)NC1=O. The van der Waals surface area contributed by atoms with Crippen molar-refractivity contribution in [2.75, 3.05) is 0 Å². The van der Waals surface area contributed by atoms with Gasteiger partial charge in [-0.05, 0) is 80.8 Å². The Morgan fingerprint density at radius 1 is 0.943 bits per heavy atom. The Balaban J connectivity index is 2.86. The van der Waals surface area contributed by atoms with Crippen molar-refractivity contribution in [3.05, 3.63) is 34.9 Å². The molecule has 35 heavy (non-hydrogen) atoms. The summed E-state index contributed by atoms with van der Waals surface area (Å²) in [6.07, 6.45) is 16.6. The van der Waals surface area contributed by atoms with E-state index in [1.54, 1.807) is 0 Å². The number of rotatable bonds is 15. The van der Waals surface area contributed by atoms with E-state index in [1.807, 2.05) is 13.0 Å². The quantitative estimate of drug-likeness (QED) is 0.186. The van der Waals surface area contributed by atoms with Crippen LogP contribution in [0.5, 0.6) is 0 Å². The van der Waals surface area contributed by atoms with Crippen molar-refractivity contribution in [1.29, 1.82) is 0 Å². The molecule has 0 spiro atoms. The number of unbranched alkanes of at least 4 members (excludes halogenated alkanes) is 1. The highest BCUT2D eigenvalue weighted by Crippen LogP contribution is 2.35. The van der Waals surface area contributed by atoms with Gasteiger partial charge in [-0.25, -0.2) is 0 Å². The maximum Gasteiger partial charge on any atom is 0.234 e. The molecule has 2 amide bonds. The van der Waals surface area contributed by atoms with Crippen molar-refractivity contribution >= 4 is 11.8 Å². The molecule has 6 unspecified atom stereocenters. The third-order valence-corrected chi connectivity index (χ3v) is 8.66. The fraction of sp³-hybridized carbons (Fsp3) is 0.750. The van der Waals surface area contributed by atoms with Gasteiger partial charge in [-0.3, -0.25) is 14.9 Å². The standard InChI is InChI=1S/C32H55NO2/c1-10-13-15-23(6)25(8)28(14-11-2)17-16-24(7)26(9)29(22(4)5)19-18-27(12-3)30-20-21-31(34)33-32(30)35/h12,18-19,23-26,28,30H,10-11,13-17,20-21H2,1-9H3,(H,33,34,35)/b19-18?,27-12+. The topological polar surface area (TPSA) is 46.2 Å². The lowest BCUT2D eigenvalue weighted by atomic mass is 9.74. The van der Waals surface area contributed by atoms with Crippen LogP contribution < -0.4 is 5.32 Å². The molecule has 0 saturated carbocycles. The number of imide groups is 1. The highest BCUT2D eigenvalue weighted by atomic mass is 16.2. The number of piperidine rings is 1. The minimum Gasteiger partial charge on any atom is -0.296 e. The first kappa shape index (κ1) is 31.4. The molecule has 1 aliphatic heterocycles. The molecule has 6 atom stereocenters.